The number of aliphatic carboxylic acids is 1. The van der Waals surface area contributed by atoms with Gasteiger partial charge in [-0.25, -0.2) is 4.79 Å². The summed E-state index contributed by atoms with van der Waals surface area (Å²) >= 11 is 0. The van der Waals surface area contributed by atoms with Crippen LogP contribution >= 0.6 is 0 Å². The average molecular weight is 252 g/mol. The molecule has 1 aromatic rings. The van der Waals surface area contributed by atoms with Crippen molar-refractivity contribution < 1.29 is 24.2 Å². The lowest BCUT2D eigenvalue weighted by molar-refractivity contribution is -0.131. The Morgan fingerprint density at radius 3 is 2.17 bits per heavy atom. The highest BCUT2D eigenvalue weighted by Gasteiger charge is 2.25. The van der Waals surface area contributed by atoms with Gasteiger partial charge < -0.3 is 14.6 Å². The number of carboxylic acids is 1. The molecule has 1 aromatic carbocycles. The molecule has 1 rings (SSSR count). The SMILES string of the molecule is COc1ccc(C(=O)C(=O)O)c(OC)c1C(C)C. The summed E-state index contributed by atoms with van der Waals surface area (Å²) in [6.45, 7) is 3.82. The lowest BCUT2D eigenvalue weighted by Crippen LogP contribution is -2.15. The summed E-state index contributed by atoms with van der Waals surface area (Å²) in [4.78, 5) is 22.3. The van der Waals surface area contributed by atoms with Crippen LogP contribution in [0.25, 0.3) is 0 Å². The first kappa shape index (κ1) is 14.0. The predicted molar refractivity (Wildman–Crippen MR) is 65.6 cm³/mol. The highest BCUT2D eigenvalue weighted by Crippen LogP contribution is 2.37. The molecule has 0 aliphatic rings. The van der Waals surface area contributed by atoms with Crippen LogP contribution in [0.15, 0.2) is 12.1 Å². The van der Waals surface area contributed by atoms with Gasteiger partial charge in [0, 0.05) is 5.56 Å². The standard InChI is InChI=1S/C13H16O5/c1-7(2)10-9(17-3)6-5-8(12(10)18-4)11(14)13(15)16/h5-7H,1-4H3,(H,15,16). The first-order chi connectivity index (χ1) is 8.43. The Morgan fingerprint density at radius 1 is 1.17 bits per heavy atom. The first-order valence-electron chi connectivity index (χ1n) is 5.46. The second-order valence-corrected chi connectivity index (χ2v) is 4.05. The molecule has 5 nitrogen and oxygen atoms in total. The number of rotatable bonds is 5. The highest BCUT2D eigenvalue weighted by molar-refractivity contribution is 6.40. The summed E-state index contributed by atoms with van der Waals surface area (Å²) in [6, 6.07) is 2.98. The Balaban J connectivity index is 3.52. The minimum Gasteiger partial charge on any atom is -0.496 e. The molecule has 0 saturated heterocycles. The van der Waals surface area contributed by atoms with E-state index in [0.717, 1.165) is 0 Å². The van der Waals surface area contributed by atoms with Gasteiger partial charge in [0.2, 0.25) is 0 Å². The summed E-state index contributed by atoms with van der Waals surface area (Å²) in [6.07, 6.45) is 0. The number of ketones is 1. The second-order valence-electron chi connectivity index (χ2n) is 4.05. The Morgan fingerprint density at radius 2 is 1.78 bits per heavy atom. The number of carboxylic acid groups (broad SMARTS) is 1. The third-order valence-electron chi connectivity index (χ3n) is 2.60. The van der Waals surface area contributed by atoms with Gasteiger partial charge in [-0.1, -0.05) is 13.8 Å². The summed E-state index contributed by atoms with van der Waals surface area (Å²) in [5, 5.41) is 8.78. The monoisotopic (exact) mass is 252 g/mol. The van der Waals surface area contributed by atoms with Crippen LogP contribution in [-0.2, 0) is 4.79 Å². The van der Waals surface area contributed by atoms with Gasteiger partial charge in [0.05, 0.1) is 19.8 Å². The fourth-order valence-electron chi connectivity index (χ4n) is 1.82. The minimum atomic E-state index is -1.51. The molecule has 0 spiro atoms. The zero-order valence-corrected chi connectivity index (χ0v) is 10.8. The van der Waals surface area contributed by atoms with Gasteiger partial charge in [0.25, 0.3) is 5.78 Å². The van der Waals surface area contributed by atoms with Crippen LogP contribution in [0.2, 0.25) is 0 Å². The smallest absolute Gasteiger partial charge is 0.377 e. The normalized spacial score (nSPS) is 10.3. The van der Waals surface area contributed by atoms with Crippen molar-refractivity contribution in [3.05, 3.63) is 23.3 Å². The molecular formula is C13H16O5. The van der Waals surface area contributed by atoms with Crippen molar-refractivity contribution >= 4 is 11.8 Å². The number of carbonyl (C=O) groups excluding carboxylic acids is 1. The summed E-state index contributed by atoms with van der Waals surface area (Å²) < 4.78 is 10.4. The molecule has 0 radical (unpaired) electrons. The van der Waals surface area contributed by atoms with E-state index >= 15 is 0 Å². The average Bonchev–Trinajstić information content (AvgIpc) is 2.35. The van der Waals surface area contributed by atoms with Gasteiger partial charge in [0.1, 0.15) is 11.5 Å². The fraction of sp³-hybridized carbons (Fsp3) is 0.385. The van der Waals surface area contributed by atoms with Crippen LogP contribution in [0.5, 0.6) is 11.5 Å². The van der Waals surface area contributed by atoms with Crippen molar-refractivity contribution in [1.82, 2.24) is 0 Å². The zero-order valence-electron chi connectivity index (χ0n) is 10.8. The molecule has 1 N–H and O–H groups in total. The van der Waals surface area contributed by atoms with Crippen LogP contribution in [0.3, 0.4) is 0 Å². The van der Waals surface area contributed by atoms with Crippen LogP contribution in [0.1, 0.15) is 35.7 Å². The third-order valence-corrected chi connectivity index (χ3v) is 2.60. The third kappa shape index (κ3) is 2.45. The number of benzene rings is 1. The van der Waals surface area contributed by atoms with Gasteiger partial charge in [-0.2, -0.15) is 0 Å². The molecule has 5 heteroatoms. The van der Waals surface area contributed by atoms with E-state index in [1.807, 2.05) is 13.8 Å². The molecule has 0 aliphatic carbocycles. The topological polar surface area (TPSA) is 72.8 Å². The maximum atomic E-state index is 11.6. The van der Waals surface area contributed by atoms with E-state index in [4.69, 9.17) is 14.6 Å². The molecule has 0 aliphatic heterocycles. The molecule has 0 aromatic heterocycles. The van der Waals surface area contributed by atoms with Gasteiger partial charge in [-0.3, -0.25) is 4.79 Å². The zero-order chi connectivity index (χ0) is 13.9. The Hall–Kier alpha value is -2.04. The molecule has 0 amide bonds. The van der Waals surface area contributed by atoms with Crippen LogP contribution in [0, 0.1) is 0 Å². The van der Waals surface area contributed by atoms with Crippen molar-refractivity contribution in [3.8, 4) is 11.5 Å². The van der Waals surface area contributed by atoms with E-state index in [-0.39, 0.29) is 17.2 Å². The van der Waals surface area contributed by atoms with Crippen molar-refractivity contribution in [3.63, 3.8) is 0 Å². The van der Waals surface area contributed by atoms with Crippen LogP contribution < -0.4 is 9.47 Å². The molecule has 0 bridgehead atoms. The number of hydrogen-bond acceptors (Lipinski definition) is 4. The molecular weight excluding hydrogens is 236 g/mol. The fourth-order valence-corrected chi connectivity index (χ4v) is 1.82. The van der Waals surface area contributed by atoms with E-state index in [9.17, 15) is 9.59 Å². The molecule has 0 atom stereocenters. The largest absolute Gasteiger partial charge is 0.496 e. The number of carbonyl (C=O) groups is 2. The van der Waals surface area contributed by atoms with Gasteiger partial charge in [-0.15, -0.1) is 0 Å². The minimum absolute atomic E-state index is 0.0366. The van der Waals surface area contributed by atoms with Gasteiger partial charge >= 0.3 is 5.97 Å². The summed E-state index contributed by atoms with van der Waals surface area (Å²) in [7, 11) is 2.92. The van der Waals surface area contributed by atoms with Crippen molar-refractivity contribution in [2.45, 2.75) is 19.8 Å². The van der Waals surface area contributed by atoms with Crippen molar-refractivity contribution in [2.75, 3.05) is 14.2 Å². The number of Topliss-reactive ketones (excluding diaryl/α,β-unsaturated/α-hetero) is 1. The lowest BCUT2D eigenvalue weighted by atomic mass is 9.96. The van der Waals surface area contributed by atoms with Crippen molar-refractivity contribution in [2.24, 2.45) is 0 Å². The first-order valence-corrected chi connectivity index (χ1v) is 5.46. The molecule has 0 unspecified atom stereocenters. The molecule has 18 heavy (non-hydrogen) atoms. The van der Waals surface area contributed by atoms with E-state index in [0.29, 0.717) is 11.3 Å². The van der Waals surface area contributed by atoms with E-state index in [1.165, 1.54) is 20.3 Å². The molecule has 0 saturated carbocycles. The van der Waals surface area contributed by atoms with E-state index in [2.05, 4.69) is 0 Å². The number of methoxy groups -OCH3 is 2. The number of ether oxygens (including phenoxy) is 2. The maximum absolute atomic E-state index is 11.6. The Bertz CT molecular complexity index is 477. The highest BCUT2D eigenvalue weighted by atomic mass is 16.5. The maximum Gasteiger partial charge on any atom is 0.377 e. The van der Waals surface area contributed by atoms with Crippen LogP contribution in [0.4, 0.5) is 0 Å². The number of hydrogen-bond donors (Lipinski definition) is 1. The van der Waals surface area contributed by atoms with Gasteiger partial charge in [-0.05, 0) is 18.1 Å². The molecule has 0 heterocycles. The summed E-state index contributed by atoms with van der Waals surface area (Å²) in [5.74, 6) is -1.62. The van der Waals surface area contributed by atoms with E-state index in [1.54, 1.807) is 6.07 Å². The van der Waals surface area contributed by atoms with Gasteiger partial charge in [0.15, 0.2) is 0 Å². The quantitative estimate of drug-likeness (QED) is 0.641. The molecule has 98 valence electrons. The van der Waals surface area contributed by atoms with E-state index < -0.39 is 11.8 Å². The summed E-state index contributed by atoms with van der Waals surface area (Å²) in [5.41, 5.74) is 0.724. The molecule has 0 fully saturated rings. The Kier molecular flexibility index (Phi) is 4.31. The predicted octanol–water partition coefficient (Wildman–Crippen LogP) is 2.09. The Labute approximate surface area is 105 Å². The second kappa shape index (κ2) is 5.53. The van der Waals surface area contributed by atoms with Crippen LogP contribution in [-0.4, -0.2) is 31.1 Å². The van der Waals surface area contributed by atoms with Crippen molar-refractivity contribution in [1.29, 1.82) is 0 Å². The lowest BCUT2D eigenvalue weighted by Gasteiger charge is -2.18.